The van der Waals surface area contributed by atoms with Crippen LogP contribution in [0.5, 0.6) is 0 Å². The van der Waals surface area contributed by atoms with Crippen molar-refractivity contribution in [3.63, 3.8) is 0 Å². The van der Waals surface area contributed by atoms with Gasteiger partial charge >= 0.3 is 0 Å². The third-order valence-electron chi connectivity index (χ3n) is 7.15. The molecule has 0 radical (unpaired) electrons. The molecular weight excluding hydrogens is 432 g/mol. The summed E-state index contributed by atoms with van der Waals surface area (Å²) in [4.78, 5) is 26.2. The normalized spacial score (nSPS) is 23.2. The summed E-state index contributed by atoms with van der Waals surface area (Å²) in [7, 11) is 0. The zero-order valence-corrected chi connectivity index (χ0v) is 19.0. The molecule has 1 spiro atoms. The number of thiazole rings is 1. The van der Waals surface area contributed by atoms with E-state index in [1.165, 1.54) is 56.5 Å². The second-order valence-corrected chi connectivity index (χ2v) is 10.4. The highest BCUT2D eigenvalue weighted by Crippen LogP contribution is 2.52. The van der Waals surface area contributed by atoms with Gasteiger partial charge in [-0.05, 0) is 56.9 Å². The van der Waals surface area contributed by atoms with Gasteiger partial charge in [-0.25, -0.2) is 13.8 Å². The number of nitrogens with one attached hydrogen (secondary N) is 1. The number of halogens is 2. The smallest absolute Gasteiger partial charge is 0.263 e. The SMILES string of the molecule is O=C(NCc1ncc(F)cc1F)c1cnc(N2CCCC(N3CCCC4(CC4)C3)CC2)s1. The number of aromatic nitrogens is 2. The Bertz CT molecular complexity index is 979. The van der Waals surface area contributed by atoms with Gasteiger partial charge in [-0.3, -0.25) is 14.7 Å². The second kappa shape index (κ2) is 9.02. The number of rotatable bonds is 5. The summed E-state index contributed by atoms with van der Waals surface area (Å²) in [5.74, 6) is -1.83. The third-order valence-corrected chi connectivity index (χ3v) is 8.21. The molecule has 1 amide bonds. The lowest BCUT2D eigenvalue weighted by Crippen LogP contribution is -2.43. The first-order valence-electron chi connectivity index (χ1n) is 11.5. The van der Waals surface area contributed by atoms with Crippen LogP contribution in [-0.2, 0) is 6.54 Å². The number of hydrogen-bond acceptors (Lipinski definition) is 6. The average molecular weight is 462 g/mol. The van der Waals surface area contributed by atoms with E-state index in [2.05, 4.69) is 25.1 Å². The molecule has 0 aromatic carbocycles. The molecule has 2 aromatic rings. The summed E-state index contributed by atoms with van der Waals surface area (Å²) in [5.41, 5.74) is 0.655. The fourth-order valence-corrected chi connectivity index (χ4v) is 6.00. The molecule has 172 valence electrons. The van der Waals surface area contributed by atoms with Crippen LogP contribution in [0, 0.1) is 17.0 Å². The molecule has 2 aromatic heterocycles. The maximum atomic E-state index is 13.7. The van der Waals surface area contributed by atoms with Gasteiger partial charge in [0.1, 0.15) is 16.5 Å². The van der Waals surface area contributed by atoms with Gasteiger partial charge in [0.15, 0.2) is 5.13 Å². The minimum Gasteiger partial charge on any atom is -0.348 e. The molecule has 5 rings (SSSR count). The van der Waals surface area contributed by atoms with Crippen molar-refractivity contribution in [2.45, 2.75) is 57.5 Å². The van der Waals surface area contributed by atoms with Crippen molar-refractivity contribution in [1.82, 2.24) is 20.2 Å². The number of amides is 1. The van der Waals surface area contributed by atoms with E-state index < -0.39 is 11.6 Å². The Morgan fingerprint density at radius 1 is 1.12 bits per heavy atom. The molecule has 3 aliphatic rings. The van der Waals surface area contributed by atoms with Crippen LogP contribution in [0.15, 0.2) is 18.5 Å². The van der Waals surface area contributed by atoms with Crippen molar-refractivity contribution in [2.75, 3.05) is 31.1 Å². The Kier molecular flexibility index (Phi) is 6.11. The molecule has 0 bridgehead atoms. The van der Waals surface area contributed by atoms with E-state index in [0.717, 1.165) is 43.3 Å². The maximum Gasteiger partial charge on any atom is 0.263 e. The van der Waals surface area contributed by atoms with E-state index in [1.807, 2.05) is 0 Å². The predicted molar refractivity (Wildman–Crippen MR) is 120 cm³/mol. The van der Waals surface area contributed by atoms with Gasteiger partial charge < -0.3 is 10.2 Å². The zero-order chi connectivity index (χ0) is 22.1. The summed E-state index contributed by atoms with van der Waals surface area (Å²) >= 11 is 1.36. The number of piperidine rings is 1. The largest absolute Gasteiger partial charge is 0.348 e. The lowest BCUT2D eigenvalue weighted by Gasteiger charge is -2.38. The standard InChI is InChI=1S/C23H29F2N5OS/c24-16-11-18(25)19(26-12-16)13-27-21(31)20-14-28-22(32-20)29-8-1-3-17(4-10-29)30-9-2-5-23(15-30)6-7-23/h11-12,14,17H,1-10,13,15H2,(H,27,31). The van der Waals surface area contributed by atoms with Crippen LogP contribution in [0.4, 0.5) is 13.9 Å². The molecule has 1 aliphatic carbocycles. The van der Waals surface area contributed by atoms with E-state index in [0.29, 0.717) is 16.3 Å². The van der Waals surface area contributed by atoms with Gasteiger partial charge in [0, 0.05) is 31.7 Å². The summed E-state index contributed by atoms with van der Waals surface area (Å²) < 4.78 is 26.7. The highest BCUT2D eigenvalue weighted by molar-refractivity contribution is 7.17. The first kappa shape index (κ1) is 21.7. The molecule has 1 atom stereocenters. The Morgan fingerprint density at radius 2 is 2.00 bits per heavy atom. The monoisotopic (exact) mass is 461 g/mol. The quantitative estimate of drug-likeness (QED) is 0.730. The van der Waals surface area contributed by atoms with Crippen molar-refractivity contribution in [3.8, 4) is 0 Å². The Hall–Kier alpha value is -2.13. The number of carbonyl (C=O) groups is 1. The number of hydrogen-bond donors (Lipinski definition) is 1. The summed E-state index contributed by atoms with van der Waals surface area (Å²) in [6.07, 6.45) is 11.6. The Labute approximate surface area is 191 Å². The minimum absolute atomic E-state index is 0.00809. The number of nitrogens with zero attached hydrogens (tertiary/aromatic N) is 4. The molecule has 6 nitrogen and oxygen atoms in total. The van der Waals surface area contributed by atoms with Gasteiger partial charge in [0.25, 0.3) is 5.91 Å². The average Bonchev–Trinajstić information content (AvgIpc) is 3.42. The van der Waals surface area contributed by atoms with Gasteiger partial charge in [-0.15, -0.1) is 0 Å². The van der Waals surface area contributed by atoms with Crippen LogP contribution in [-0.4, -0.2) is 53.0 Å². The Balaban J connectivity index is 1.16. The van der Waals surface area contributed by atoms with Crippen molar-refractivity contribution in [1.29, 1.82) is 0 Å². The first-order valence-corrected chi connectivity index (χ1v) is 12.4. The van der Waals surface area contributed by atoms with Crippen LogP contribution in [0.25, 0.3) is 0 Å². The summed E-state index contributed by atoms with van der Waals surface area (Å²) in [5, 5.41) is 3.51. The highest BCUT2D eigenvalue weighted by Gasteiger charge is 2.46. The van der Waals surface area contributed by atoms with E-state index in [-0.39, 0.29) is 18.1 Å². The maximum absolute atomic E-state index is 13.7. The zero-order valence-electron chi connectivity index (χ0n) is 18.2. The van der Waals surface area contributed by atoms with Crippen molar-refractivity contribution < 1.29 is 13.6 Å². The minimum atomic E-state index is -0.768. The van der Waals surface area contributed by atoms with Crippen LogP contribution < -0.4 is 10.2 Å². The molecule has 2 saturated heterocycles. The van der Waals surface area contributed by atoms with Crippen LogP contribution >= 0.6 is 11.3 Å². The molecule has 32 heavy (non-hydrogen) atoms. The fourth-order valence-electron chi connectivity index (χ4n) is 5.12. The molecule has 1 N–H and O–H groups in total. The number of pyridine rings is 1. The molecule has 1 unspecified atom stereocenters. The van der Waals surface area contributed by atoms with Crippen molar-refractivity contribution >= 4 is 22.4 Å². The lowest BCUT2D eigenvalue weighted by molar-refractivity contribution is 0.0954. The van der Waals surface area contributed by atoms with Gasteiger partial charge in [-0.2, -0.15) is 0 Å². The van der Waals surface area contributed by atoms with Crippen LogP contribution in [0.1, 0.15) is 60.3 Å². The highest BCUT2D eigenvalue weighted by atomic mass is 32.1. The van der Waals surface area contributed by atoms with E-state index >= 15 is 0 Å². The van der Waals surface area contributed by atoms with E-state index in [1.54, 1.807) is 6.20 Å². The van der Waals surface area contributed by atoms with Crippen LogP contribution in [0.3, 0.4) is 0 Å². The van der Waals surface area contributed by atoms with Crippen molar-refractivity contribution in [3.05, 3.63) is 40.7 Å². The summed E-state index contributed by atoms with van der Waals surface area (Å²) in [6.45, 7) is 4.32. The third kappa shape index (κ3) is 4.78. The lowest BCUT2D eigenvalue weighted by atomic mass is 9.92. The van der Waals surface area contributed by atoms with Gasteiger partial charge in [-0.1, -0.05) is 11.3 Å². The van der Waals surface area contributed by atoms with E-state index in [9.17, 15) is 13.6 Å². The number of anilines is 1. The summed E-state index contributed by atoms with van der Waals surface area (Å²) in [6, 6.07) is 1.42. The molecule has 3 fully saturated rings. The molecule has 9 heteroatoms. The van der Waals surface area contributed by atoms with Gasteiger partial charge in [0.05, 0.1) is 24.6 Å². The molecule has 2 aliphatic heterocycles. The van der Waals surface area contributed by atoms with E-state index in [4.69, 9.17) is 0 Å². The van der Waals surface area contributed by atoms with Gasteiger partial charge in [0.2, 0.25) is 0 Å². The van der Waals surface area contributed by atoms with Crippen molar-refractivity contribution in [2.24, 2.45) is 5.41 Å². The topological polar surface area (TPSA) is 61.4 Å². The Morgan fingerprint density at radius 3 is 2.81 bits per heavy atom. The predicted octanol–water partition coefficient (Wildman–Crippen LogP) is 3.98. The molecular formula is C23H29F2N5OS. The molecule has 1 saturated carbocycles. The second-order valence-electron chi connectivity index (χ2n) is 9.42. The number of carbonyl (C=O) groups excluding carboxylic acids is 1. The molecule has 4 heterocycles. The van der Waals surface area contributed by atoms with Crippen LogP contribution in [0.2, 0.25) is 0 Å². The fraction of sp³-hybridized carbons (Fsp3) is 0.609. The number of likely N-dealkylation sites (tertiary alicyclic amines) is 1. The first-order chi connectivity index (χ1) is 15.5.